The fourth-order valence-corrected chi connectivity index (χ4v) is 7.34. The Kier molecular flexibility index (Phi) is 4.59. The van der Waals surface area contributed by atoms with Crippen LogP contribution in [0.1, 0.15) is 58.3 Å². The molecule has 0 aromatic heterocycles. The first-order valence-corrected chi connectivity index (χ1v) is 11.3. The third-order valence-corrected chi connectivity index (χ3v) is 8.80. The summed E-state index contributed by atoms with van der Waals surface area (Å²) in [5.74, 6) is 4.67. The van der Waals surface area contributed by atoms with Crippen molar-refractivity contribution in [2.45, 2.75) is 69.5 Å². The number of aldehydes is 1. The minimum absolute atomic E-state index is 0.000488. The number of fused-ring (bicyclic) bond motifs is 4. The van der Waals surface area contributed by atoms with Crippen molar-refractivity contribution in [1.82, 2.24) is 5.32 Å². The normalized spacial score (nSPS) is 44.5. The molecule has 4 fully saturated rings. The number of ether oxygens (including phenoxy) is 1. The van der Waals surface area contributed by atoms with Crippen molar-refractivity contribution in [3.05, 3.63) is 11.6 Å². The van der Waals surface area contributed by atoms with Gasteiger partial charge in [0.1, 0.15) is 11.9 Å². The maximum atomic E-state index is 11.5. The lowest BCUT2D eigenvalue weighted by Crippen LogP contribution is -2.50. The molecule has 1 aliphatic heterocycles. The smallest absolute Gasteiger partial charge is 0.261 e. The average molecular weight is 411 g/mol. The first kappa shape index (κ1) is 19.8. The summed E-state index contributed by atoms with van der Waals surface area (Å²) in [6.45, 7) is 2.28. The van der Waals surface area contributed by atoms with Crippen LogP contribution in [0.2, 0.25) is 0 Å². The van der Waals surface area contributed by atoms with E-state index in [1.54, 1.807) is 0 Å². The Hall–Kier alpha value is -2.13. The maximum absolute atomic E-state index is 11.5. The molecule has 6 atom stereocenters. The first-order chi connectivity index (χ1) is 14.5. The molecule has 4 aliphatic carbocycles. The molecule has 30 heavy (non-hydrogen) atoms. The topological polar surface area (TPSA) is 80.3 Å². The predicted octanol–water partition coefficient (Wildman–Crippen LogP) is 2.77. The van der Waals surface area contributed by atoms with Crippen LogP contribution in [0.25, 0.3) is 0 Å². The van der Waals surface area contributed by atoms with Gasteiger partial charge in [0.25, 0.3) is 5.91 Å². The molecule has 0 radical (unpaired) electrons. The van der Waals surface area contributed by atoms with E-state index < -0.39 is 0 Å². The molecule has 1 amide bonds. The third kappa shape index (κ3) is 2.71. The zero-order valence-electron chi connectivity index (χ0n) is 17.6. The number of terminal acetylenes is 1. The van der Waals surface area contributed by atoms with Crippen molar-refractivity contribution < 1.29 is 19.2 Å². The van der Waals surface area contributed by atoms with Crippen molar-refractivity contribution >= 4 is 17.9 Å². The molecule has 0 aromatic rings. The molecular weight excluding hydrogens is 380 g/mol. The number of hydrogen-bond acceptors (Lipinski definition) is 5. The van der Waals surface area contributed by atoms with E-state index >= 15 is 0 Å². The van der Waals surface area contributed by atoms with Crippen LogP contribution >= 0.6 is 0 Å². The van der Waals surface area contributed by atoms with Crippen molar-refractivity contribution in [2.75, 3.05) is 13.2 Å². The Labute approximate surface area is 177 Å². The van der Waals surface area contributed by atoms with E-state index in [1.807, 2.05) is 0 Å². The number of oxime groups is 1. The SMILES string of the molecule is C#CC12CCC3C4CCC5=C/C(=N/OCC(=O)NCC=O)CC[C@]5(C)C4CC[C@@]31O2. The van der Waals surface area contributed by atoms with E-state index in [2.05, 4.69) is 29.4 Å². The van der Waals surface area contributed by atoms with Gasteiger partial charge in [0, 0.05) is 0 Å². The van der Waals surface area contributed by atoms with Gasteiger partial charge in [0.15, 0.2) is 12.2 Å². The fourth-order valence-electron chi connectivity index (χ4n) is 7.34. The molecule has 5 rings (SSSR count). The second-order valence-corrected chi connectivity index (χ2v) is 9.87. The molecular formula is C24H30N2O4. The molecule has 1 N–H and O–H groups in total. The van der Waals surface area contributed by atoms with Crippen LogP contribution in [-0.2, 0) is 19.2 Å². The second kappa shape index (κ2) is 6.95. The summed E-state index contributed by atoms with van der Waals surface area (Å²) in [5, 5.41) is 6.64. The molecule has 1 heterocycles. The van der Waals surface area contributed by atoms with Crippen LogP contribution in [0, 0.1) is 35.5 Å². The molecule has 1 saturated heterocycles. The second-order valence-electron chi connectivity index (χ2n) is 9.87. The standard InChI is InChI=1S/C24H30N2O4/c1-3-23-10-7-20-18-5-4-16-14-17(26-29-15-21(28)25-12-13-27)6-9-22(16,2)19(18)8-11-24(20,23)30-23/h1,13-14,18-20H,4-12,15H2,2H3,(H,25,28)/b26-17+/t18?,19?,20?,22-,23?,24+/m0/s1. The summed E-state index contributed by atoms with van der Waals surface area (Å²) in [6.07, 6.45) is 17.5. The molecule has 0 bridgehead atoms. The summed E-state index contributed by atoms with van der Waals surface area (Å²) < 4.78 is 6.27. The largest absolute Gasteiger partial charge is 0.385 e. The Balaban J connectivity index is 1.28. The van der Waals surface area contributed by atoms with Crippen molar-refractivity contribution in [1.29, 1.82) is 0 Å². The van der Waals surface area contributed by atoms with Crippen molar-refractivity contribution in [3.63, 3.8) is 0 Å². The maximum Gasteiger partial charge on any atom is 0.261 e. The fraction of sp³-hybridized carbons (Fsp3) is 0.708. The molecule has 1 spiro atoms. The zero-order chi connectivity index (χ0) is 21.0. The Morgan fingerprint density at radius 2 is 2.17 bits per heavy atom. The zero-order valence-corrected chi connectivity index (χ0v) is 17.6. The molecule has 3 saturated carbocycles. The van der Waals surface area contributed by atoms with Crippen molar-refractivity contribution in [2.24, 2.45) is 28.3 Å². The average Bonchev–Trinajstić information content (AvgIpc) is 3.27. The third-order valence-electron chi connectivity index (χ3n) is 8.80. The van der Waals surface area contributed by atoms with Gasteiger partial charge in [-0.05, 0) is 80.6 Å². The van der Waals surface area contributed by atoms with Crippen LogP contribution in [0.5, 0.6) is 0 Å². The van der Waals surface area contributed by atoms with Crippen LogP contribution in [0.15, 0.2) is 16.8 Å². The summed E-state index contributed by atoms with van der Waals surface area (Å²) in [5.41, 5.74) is 2.34. The lowest BCUT2D eigenvalue weighted by atomic mass is 9.49. The van der Waals surface area contributed by atoms with E-state index in [4.69, 9.17) is 16.0 Å². The van der Waals surface area contributed by atoms with Crippen LogP contribution in [0.4, 0.5) is 0 Å². The van der Waals surface area contributed by atoms with Gasteiger partial charge in [0.05, 0.1) is 12.3 Å². The number of nitrogens with one attached hydrogen (secondary N) is 1. The Morgan fingerprint density at radius 1 is 1.33 bits per heavy atom. The Bertz CT molecular complexity index is 873. The van der Waals surface area contributed by atoms with Crippen molar-refractivity contribution in [3.8, 4) is 12.3 Å². The van der Waals surface area contributed by atoms with Crippen LogP contribution in [-0.4, -0.2) is 42.3 Å². The van der Waals surface area contributed by atoms with Gasteiger partial charge in [0.2, 0.25) is 0 Å². The summed E-state index contributed by atoms with van der Waals surface area (Å²) in [6, 6.07) is 0. The summed E-state index contributed by atoms with van der Waals surface area (Å²) in [7, 11) is 0. The lowest BCUT2D eigenvalue weighted by Gasteiger charge is -2.55. The van der Waals surface area contributed by atoms with Gasteiger partial charge < -0.3 is 19.7 Å². The summed E-state index contributed by atoms with van der Waals surface area (Å²) >= 11 is 0. The van der Waals surface area contributed by atoms with E-state index in [1.165, 1.54) is 24.8 Å². The van der Waals surface area contributed by atoms with Gasteiger partial charge in [-0.3, -0.25) is 4.79 Å². The predicted molar refractivity (Wildman–Crippen MR) is 111 cm³/mol. The van der Waals surface area contributed by atoms with Gasteiger partial charge in [-0.2, -0.15) is 0 Å². The highest BCUT2D eigenvalue weighted by Gasteiger charge is 2.79. The van der Waals surface area contributed by atoms with Gasteiger partial charge in [-0.15, -0.1) is 6.42 Å². The van der Waals surface area contributed by atoms with E-state index in [9.17, 15) is 9.59 Å². The molecule has 160 valence electrons. The molecule has 0 aromatic carbocycles. The highest BCUT2D eigenvalue weighted by Crippen LogP contribution is 2.72. The molecule has 6 nitrogen and oxygen atoms in total. The summed E-state index contributed by atoms with van der Waals surface area (Å²) in [4.78, 5) is 27.1. The minimum atomic E-state index is -0.335. The number of rotatable bonds is 5. The van der Waals surface area contributed by atoms with E-state index in [0.29, 0.717) is 24.0 Å². The van der Waals surface area contributed by atoms with Gasteiger partial charge in [-0.25, -0.2) is 0 Å². The van der Waals surface area contributed by atoms with Crippen LogP contribution in [0.3, 0.4) is 0 Å². The Morgan fingerprint density at radius 3 is 2.93 bits per heavy atom. The highest BCUT2D eigenvalue weighted by molar-refractivity contribution is 5.96. The van der Waals surface area contributed by atoms with E-state index in [-0.39, 0.29) is 35.7 Å². The highest BCUT2D eigenvalue weighted by atomic mass is 16.6. The molecule has 5 aliphatic rings. The van der Waals surface area contributed by atoms with Gasteiger partial charge >= 0.3 is 0 Å². The van der Waals surface area contributed by atoms with Crippen LogP contribution < -0.4 is 5.32 Å². The number of epoxide rings is 1. The quantitative estimate of drug-likeness (QED) is 0.327. The van der Waals surface area contributed by atoms with Gasteiger partial charge in [-0.1, -0.05) is 23.6 Å². The lowest BCUT2D eigenvalue weighted by molar-refractivity contribution is -0.126. The number of amides is 1. The monoisotopic (exact) mass is 410 g/mol. The number of allylic oxidation sites excluding steroid dienone is 2. The van der Waals surface area contributed by atoms with E-state index in [0.717, 1.165) is 37.8 Å². The molecule has 4 unspecified atom stereocenters. The minimum Gasteiger partial charge on any atom is -0.385 e. The number of nitrogens with zero attached hydrogens (tertiary/aromatic N) is 1. The number of carbonyl (C=O) groups excluding carboxylic acids is 2. The molecule has 6 heteroatoms. The number of hydrogen-bond donors (Lipinski definition) is 1. The first-order valence-electron chi connectivity index (χ1n) is 11.3. The number of carbonyl (C=O) groups is 2.